The first-order valence-corrected chi connectivity index (χ1v) is 13.3. The Morgan fingerprint density at radius 1 is 1.11 bits per heavy atom. The van der Waals surface area contributed by atoms with Gasteiger partial charge in [0.1, 0.15) is 5.01 Å². The molecule has 35 heavy (non-hydrogen) atoms. The highest BCUT2D eigenvalue weighted by molar-refractivity contribution is 9.10. The highest BCUT2D eigenvalue weighted by atomic mass is 79.9. The molecule has 1 fully saturated rings. The number of amides is 2. The van der Waals surface area contributed by atoms with Crippen LogP contribution in [0.5, 0.6) is 0 Å². The molecule has 1 aliphatic rings. The number of anilines is 1. The Hall–Kier alpha value is -2.88. The van der Waals surface area contributed by atoms with Gasteiger partial charge in [-0.3, -0.25) is 14.9 Å². The van der Waals surface area contributed by atoms with Gasteiger partial charge in [0, 0.05) is 22.2 Å². The summed E-state index contributed by atoms with van der Waals surface area (Å²) >= 11 is 4.73. The topological polar surface area (TPSA) is 96.0 Å². The van der Waals surface area contributed by atoms with E-state index in [-0.39, 0.29) is 23.9 Å². The zero-order valence-electron chi connectivity index (χ0n) is 19.2. The molecular formula is C26H28BrN5O2S. The Labute approximate surface area is 217 Å². The van der Waals surface area contributed by atoms with Crippen molar-refractivity contribution in [3.8, 4) is 10.6 Å². The average Bonchev–Trinajstić information content (AvgIpc) is 3.35. The maximum atomic E-state index is 12.8. The molecule has 2 amide bonds. The molecule has 0 bridgehead atoms. The van der Waals surface area contributed by atoms with Crippen molar-refractivity contribution in [3.63, 3.8) is 0 Å². The number of carbonyl (C=O) groups is 2. The number of aromatic nitrogens is 2. The van der Waals surface area contributed by atoms with Crippen LogP contribution in [0.3, 0.4) is 0 Å². The summed E-state index contributed by atoms with van der Waals surface area (Å²) in [6, 6.07) is 17.4. The summed E-state index contributed by atoms with van der Waals surface area (Å²) in [4.78, 5) is 25.4. The summed E-state index contributed by atoms with van der Waals surface area (Å²) in [6.45, 7) is 0.856. The molecule has 4 rings (SSSR count). The maximum Gasteiger partial charge on any atom is 0.249 e. The Balaban J connectivity index is 1.37. The molecule has 0 spiro atoms. The Kier molecular flexibility index (Phi) is 9.16. The lowest BCUT2D eigenvalue weighted by molar-refractivity contribution is -0.124. The van der Waals surface area contributed by atoms with Crippen LogP contribution in [-0.2, 0) is 16.0 Å². The van der Waals surface area contributed by atoms with Crippen molar-refractivity contribution in [2.75, 3.05) is 11.9 Å². The summed E-state index contributed by atoms with van der Waals surface area (Å²) in [5.41, 5.74) is 2.12. The fraction of sp³-hybridized carbons (Fsp3) is 0.308. The molecule has 0 unspecified atom stereocenters. The number of halogens is 1. The van der Waals surface area contributed by atoms with Gasteiger partial charge in [-0.25, -0.2) is 0 Å². The zero-order chi connectivity index (χ0) is 24.5. The molecule has 0 saturated carbocycles. The SMILES string of the molecule is O=C(/C=C/[C@H](CCc1ccccc1)NC(=O)[C@@H]1CCCCN1)Nc1nnc(-c2ccc(Br)cc2)s1. The van der Waals surface area contributed by atoms with Crippen molar-refractivity contribution in [2.24, 2.45) is 0 Å². The lowest BCUT2D eigenvalue weighted by Gasteiger charge is -2.25. The van der Waals surface area contributed by atoms with Gasteiger partial charge in [0.25, 0.3) is 0 Å². The van der Waals surface area contributed by atoms with Gasteiger partial charge < -0.3 is 10.6 Å². The zero-order valence-corrected chi connectivity index (χ0v) is 21.6. The first-order chi connectivity index (χ1) is 17.1. The number of benzene rings is 2. The minimum Gasteiger partial charge on any atom is -0.349 e. The standard InChI is InChI=1S/C26H28BrN5O2S/c27-20-12-10-19(11-13-20)25-31-32-26(35-25)30-23(33)16-15-21(14-9-18-6-2-1-3-7-18)29-24(34)22-8-4-5-17-28-22/h1-3,6-7,10-13,15-16,21-22,28H,4-5,8-9,14,17H2,(H,29,34)(H,30,32,33)/b16-15+/t21-,22-/m0/s1. The molecule has 2 aromatic carbocycles. The van der Waals surface area contributed by atoms with Crippen molar-refractivity contribution in [1.29, 1.82) is 0 Å². The lowest BCUT2D eigenvalue weighted by atomic mass is 10.0. The third-order valence-electron chi connectivity index (χ3n) is 5.77. The van der Waals surface area contributed by atoms with Crippen molar-refractivity contribution in [3.05, 3.63) is 76.8 Å². The first kappa shape index (κ1) is 25.2. The van der Waals surface area contributed by atoms with Gasteiger partial charge in [-0.2, -0.15) is 0 Å². The van der Waals surface area contributed by atoms with Crippen LogP contribution in [0.25, 0.3) is 10.6 Å². The van der Waals surface area contributed by atoms with Crippen LogP contribution >= 0.6 is 27.3 Å². The summed E-state index contributed by atoms with van der Waals surface area (Å²) in [6.07, 6.45) is 7.68. The van der Waals surface area contributed by atoms with Crippen LogP contribution < -0.4 is 16.0 Å². The Bertz CT molecular complexity index is 1140. The van der Waals surface area contributed by atoms with Gasteiger partial charge >= 0.3 is 0 Å². The molecule has 2 atom stereocenters. The second-order valence-electron chi connectivity index (χ2n) is 8.41. The third-order valence-corrected chi connectivity index (χ3v) is 7.18. The van der Waals surface area contributed by atoms with Gasteiger partial charge in [0.05, 0.1) is 6.04 Å². The molecule has 3 N–H and O–H groups in total. The monoisotopic (exact) mass is 553 g/mol. The molecule has 1 aliphatic heterocycles. The van der Waals surface area contributed by atoms with E-state index in [1.165, 1.54) is 23.0 Å². The summed E-state index contributed by atoms with van der Waals surface area (Å²) < 4.78 is 0.984. The van der Waals surface area contributed by atoms with Gasteiger partial charge in [0.15, 0.2) is 0 Å². The fourth-order valence-electron chi connectivity index (χ4n) is 3.88. The van der Waals surface area contributed by atoms with Crippen LogP contribution in [-0.4, -0.2) is 40.6 Å². The van der Waals surface area contributed by atoms with Crippen molar-refractivity contribution < 1.29 is 9.59 Å². The van der Waals surface area contributed by atoms with E-state index >= 15 is 0 Å². The molecular weight excluding hydrogens is 526 g/mol. The molecule has 0 radical (unpaired) electrons. The van der Waals surface area contributed by atoms with Crippen molar-refractivity contribution in [2.45, 2.75) is 44.2 Å². The number of rotatable bonds is 9. The highest BCUT2D eigenvalue weighted by Crippen LogP contribution is 2.27. The largest absolute Gasteiger partial charge is 0.349 e. The van der Waals surface area contributed by atoms with Crippen LogP contribution in [0.1, 0.15) is 31.2 Å². The third kappa shape index (κ3) is 7.81. The van der Waals surface area contributed by atoms with Crippen LogP contribution in [0.15, 0.2) is 71.2 Å². The fourth-order valence-corrected chi connectivity index (χ4v) is 4.89. The van der Waals surface area contributed by atoms with E-state index in [0.717, 1.165) is 47.3 Å². The van der Waals surface area contributed by atoms with E-state index in [9.17, 15) is 9.59 Å². The summed E-state index contributed by atoms with van der Waals surface area (Å²) in [7, 11) is 0. The van der Waals surface area contributed by atoms with Crippen LogP contribution in [0.4, 0.5) is 5.13 Å². The van der Waals surface area contributed by atoms with E-state index in [2.05, 4.69) is 54.2 Å². The molecule has 7 nitrogen and oxygen atoms in total. The number of carbonyl (C=O) groups excluding carboxylic acids is 2. The number of hydrogen-bond donors (Lipinski definition) is 3. The number of hydrogen-bond acceptors (Lipinski definition) is 6. The van der Waals surface area contributed by atoms with E-state index in [4.69, 9.17) is 0 Å². The number of nitrogens with one attached hydrogen (secondary N) is 3. The Morgan fingerprint density at radius 2 is 1.91 bits per heavy atom. The second-order valence-corrected chi connectivity index (χ2v) is 10.3. The number of piperidine rings is 1. The molecule has 182 valence electrons. The maximum absolute atomic E-state index is 12.8. The summed E-state index contributed by atoms with van der Waals surface area (Å²) in [5, 5.41) is 18.6. The quantitative estimate of drug-likeness (QED) is 0.333. The Morgan fingerprint density at radius 3 is 2.66 bits per heavy atom. The van der Waals surface area contributed by atoms with E-state index in [0.29, 0.717) is 11.6 Å². The average molecular weight is 555 g/mol. The molecule has 3 aromatic rings. The number of nitrogens with zero attached hydrogens (tertiary/aromatic N) is 2. The molecule has 2 heterocycles. The molecule has 0 aliphatic carbocycles. The van der Waals surface area contributed by atoms with Crippen molar-refractivity contribution in [1.82, 2.24) is 20.8 Å². The van der Waals surface area contributed by atoms with E-state index in [1.54, 1.807) is 6.08 Å². The molecule has 1 aromatic heterocycles. The highest BCUT2D eigenvalue weighted by Gasteiger charge is 2.22. The van der Waals surface area contributed by atoms with Gasteiger partial charge in [-0.1, -0.05) is 82.2 Å². The van der Waals surface area contributed by atoms with E-state index in [1.807, 2.05) is 42.5 Å². The minimum absolute atomic E-state index is 0.0175. The predicted molar refractivity (Wildman–Crippen MR) is 143 cm³/mol. The van der Waals surface area contributed by atoms with Gasteiger partial charge in [-0.05, 0) is 49.9 Å². The molecule has 9 heteroatoms. The van der Waals surface area contributed by atoms with Gasteiger partial charge in [0.2, 0.25) is 16.9 Å². The normalized spacial score (nSPS) is 16.7. The second kappa shape index (κ2) is 12.7. The molecule has 1 saturated heterocycles. The van der Waals surface area contributed by atoms with Crippen LogP contribution in [0, 0.1) is 0 Å². The summed E-state index contributed by atoms with van der Waals surface area (Å²) in [5.74, 6) is -0.325. The first-order valence-electron chi connectivity index (χ1n) is 11.7. The predicted octanol–water partition coefficient (Wildman–Crippen LogP) is 4.72. The smallest absolute Gasteiger partial charge is 0.249 e. The van der Waals surface area contributed by atoms with Crippen molar-refractivity contribution >= 4 is 44.2 Å². The minimum atomic E-state index is -0.307. The van der Waals surface area contributed by atoms with E-state index < -0.39 is 0 Å². The van der Waals surface area contributed by atoms with Gasteiger partial charge in [-0.15, -0.1) is 10.2 Å². The number of aryl methyl sites for hydroxylation is 1. The lowest BCUT2D eigenvalue weighted by Crippen LogP contribution is -2.49. The van der Waals surface area contributed by atoms with Crippen LogP contribution in [0.2, 0.25) is 0 Å².